The Bertz CT molecular complexity index is 683. The minimum atomic E-state index is -0.868. The van der Waals surface area contributed by atoms with Crippen molar-refractivity contribution in [2.45, 2.75) is 43.4 Å². The average molecular weight is 328 g/mol. The van der Waals surface area contributed by atoms with Crippen LogP contribution < -0.4 is 0 Å². The highest BCUT2D eigenvalue weighted by atomic mass is 16.3. The van der Waals surface area contributed by atoms with Gasteiger partial charge in [-0.2, -0.15) is 0 Å². The Morgan fingerprint density at radius 1 is 1.08 bits per heavy atom. The summed E-state index contributed by atoms with van der Waals surface area (Å²) in [6.07, 6.45) is 1.31. The van der Waals surface area contributed by atoms with E-state index < -0.39 is 12.2 Å². The molecule has 3 saturated heterocycles. The quantitative estimate of drug-likeness (QED) is 0.811. The number of carbonyl (C=O) groups is 1. The van der Waals surface area contributed by atoms with Crippen molar-refractivity contribution in [3.63, 3.8) is 0 Å². The summed E-state index contributed by atoms with van der Waals surface area (Å²) in [6.45, 7) is 4.00. The highest BCUT2D eigenvalue weighted by molar-refractivity contribution is 5.98. The van der Waals surface area contributed by atoms with Crippen molar-refractivity contribution in [1.29, 1.82) is 0 Å². The molecule has 5 heteroatoms. The Morgan fingerprint density at radius 3 is 2.58 bits per heavy atom. The number of hydrogen-bond acceptors (Lipinski definition) is 4. The number of aliphatic hydroxyl groups excluding tert-OH is 2. The van der Waals surface area contributed by atoms with Crippen LogP contribution in [0.1, 0.15) is 52.8 Å². The van der Waals surface area contributed by atoms with E-state index in [1.54, 1.807) is 0 Å². The van der Waals surface area contributed by atoms with Crippen LogP contribution in [0.2, 0.25) is 0 Å². The highest BCUT2D eigenvalue weighted by Gasteiger charge is 2.46. The summed E-state index contributed by atoms with van der Waals surface area (Å²) in [5, 5.41) is 20.5. The van der Waals surface area contributed by atoms with E-state index in [0.29, 0.717) is 24.9 Å². The Morgan fingerprint density at radius 2 is 1.88 bits per heavy atom. The van der Waals surface area contributed by atoms with Gasteiger partial charge in [0.1, 0.15) is 6.10 Å². The van der Waals surface area contributed by atoms with Gasteiger partial charge >= 0.3 is 0 Å². The second-order valence-electron chi connectivity index (χ2n) is 7.92. The third-order valence-corrected chi connectivity index (χ3v) is 6.69. The van der Waals surface area contributed by atoms with E-state index in [4.69, 9.17) is 0 Å². The van der Waals surface area contributed by atoms with Crippen molar-refractivity contribution in [3.05, 3.63) is 34.9 Å². The molecule has 0 saturated carbocycles. The molecule has 5 aliphatic rings. The molecule has 1 aromatic carbocycles. The maximum absolute atomic E-state index is 13.2. The largest absolute Gasteiger partial charge is 0.390 e. The van der Waals surface area contributed by atoms with Gasteiger partial charge in [0.15, 0.2) is 0 Å². The standard InChI is InChI=1S/C19H24N2O3/c22-16-8-12-9-21(15-10-20-6-4-11(15)5-7-20)19(24)14-3-1-2-13(17(12)14)18(16)23/h1-3,11-12,15-16,18,22-23H,4-10H2/t12-,15?,16-,18+/m1/s1. The number of amides is 1. The van der Waals surface area contributed by atoms with Gasteiger partial charge in [-0.05, 0) is 55.5 Å². The van der Waals surface area contributed by atoms with Gasteiger partial charge in [-0.25, -0.2) is 0 Å². The molecular weight excluding hydrogens is 304 g/mol. The lowest BCUT2D eigenvalue weighted by molar-refractivity contribution is -0.0183. The van der Waals surface area contributed by atoms with Crippen molar-refractivity contribution in [2.75, 3.05) is 26.2 Å². The van der Waals surface area contributed by atoms with Gasteiger partial charge < -0.3 is 20.0 Å². The summed E-state index contributed by atoms with van der Waals surface area (Å²) in [4.78, 5) is 17.7. The molecule has 3 fully saturated rings. The SMILES string of the molecule is O=C1c2cccc3c2[C@H](C[C@@H](O)[C@H]3O)CN1C1CN2CCC1CC2. The van der Waals surface area contributed by atoms with E-state index in [2.05, 4.69) is 9.80 Å². The van der Waals surface area contributed by atoms with Crippen LogP contribution >= 0.6 is 0 Å². The lowest BCUT2D eigenvalue weighted by Crippen LogP contribution is -2.60. The molecule has 1 amide bonds. The molecule has 6 rings (SSSR count). The van der Waals surface area contributed by atoms with Crippen molar-refractivity contribution in [1.82, 2.24) is 9.80 Å². The van der Waals surface area contributed by atoms with E-state index in [-0.39, 0.29) is 11.8 Å². The third kappa shape index (κ3) is 2.01. The topological polar surface area (TPSA) is 64.0 Å². The zero-order valence-electron chi connectivity index (χ0n) is 13.8. The summed E-state index contributed by atoms with van der Waals surface area (Å²) in [6, 6.07) is 5.90. The van der Waals surface area contributed by atoms with Crippen molar-refractivity contribution >= 4 is 5.91 Å². The normalized spacial score (nSPS) is 40.6. The molecule has 4 aliphatic heterocycles. The molecule has 24 heavy (non-hydrogen) atoms. The molecule has 0 radical (unpaired) electrons. The first-order valence-corrected chi connectivity index (χ1v) is 9.15. The lowest BCUT2D eigenvalue weighted by Gasteiger charge is -2.51. The van der Waals surface area contributed by atoms with E-state index in [1.807, 2.05) is 18.2 Å². The maximum atomic E-state index is 13.2. The zero-order valence-corrected chi connectivity index (χ0v) is 13.8. The number of aliphatic hydroxyl groups is 2. The van der Waals surface area contributed by atoms with Gasteiger partial charge in [-0.3, -0.25) is 4.79 Å². The predicted octanol–water partition coefficient (Wildman–Crippen LogP) is 1.12. The van der Waals surface area contributed by atoms with E-state index >= 15 is 0 Å². The molecule has 5 nitrogen and oxygen atoms in total. The number of nitrogens with zero attached hydrogens (tertiary/aromatic N) is 2. The van der Waals surface area contributed by atoms with Crippen molar-refractivity contribution < 1.29 is 15.0 Å². The first-order chi connectivity index (χ1) is 11.6. The zero-order chi connectivity index (χ0) is 16.4. The second kappa shape index (κ2) is 5.28. The molecule has 1 aliphatic carbocycles. The molecule has 1 unspecified atom stereocenters. The fraction of sp³-hybridized carbons (Fsp3) is 0.632. The minimum Gasteiger partial charge on any atom is -0.390 e. The first kappa shape index (κ1) is 14.9. The van der Waals surface area contributed by atoms with Gasteiger partial charge in [0.25, 0.3) is 5.91 Å². The molecule has 2 N–H and O–H groups in total. The molecule has 2 bridgehead atoms. The van der Waals surface area contributed by atoms with Crippen LogP contribution in [-0.4, -0.2) is 64.2 Å². The Labute approximate surface area is 141 Å². The number of carbonyl (C=O) groups excluding carboxylic acids is 1. The Balaban J connectivity index is 1.54. The van der Waals surface area contributed by atoms with Crippen molar-refractivity contribution in [2.24, 2.45) is 5.92 Å². The Hall–Kier alpha value is -1.43. The van der Waals surface area contributed by atoms with Gasteiger partial charge in [-0.1, -0.05) is 12.1 Å². The Kier molecular flexibility index (Phi) is 3.27. The number of benzene rings is 1. The number of hydrogen-bond donors (Lipinski definition) is 2. The smallest absolute Gasteiger partial charge is 0.254 e. The lowest BCUT2D eigenvalue weighted by atomic mass is 9.73. The van der Waals surface area contributed by atoms with Crippen LogP contribution in [-0.2, 0) is 0 Å². The molecular formula is C19H24N2O3. The van der Waals surface area contributed by atoms with Gasteiger partial charge in [0, 0.05) is 30.6 Å². The summed E-state index contributed by atoms with van der Waals surface area (Å²) in [5.41, 5.74) is 2.47. The summed E-state index contributed by atoms with van der Waals surface area (Å²) < 4.78 is 0. The number of fused-ring (bicyclic) bond motifs is 3. The van der Waals surface area contributed by atoms with Crippen LogP contribution in [0.25, 0.3) is 0 Å². The summed E-state index contributed by atoms with van der Waals surface area (Å²) >= 11 is 0. The molecule has 0 aromatic heterocycles. The highest BCUT2D eigenvalue weighted by Crippen LogP contribution is 2.44. The first-order valence-electron chi connectivity index (χ1n) is 9.15. The molecule has 0 spiro atoms. The number of rotatable bonds is 1. The third-order valence-electron chi connectivity index (χ3n) is 6.69. The van der Waals surface area contributed by atoms with E-state index in [1.165, 1.54) is 12.8 Å². The predicted molar refractivity (Wildman–Crippen MR) is 88.8 cm³/mol. The number of piperidine rings is 3. The van der Waals surface area contributed by atoms with Crippen LogP contribution in [0.15, 0.2) is 18.2 Å². The van der Waals surface area contributed by atoms with E-state index in [9.17, 15) is 15.0 Å². The minimum absolute atomic E-state index is 0.116. The maximum Gasteiger partial charge on any atom is 0.254 e. The molecule has 128 valence electrons. The van der Waals surface area contributed by atoms with Gasteiger partial charge in [0.05, 0.1) is 6.10 Å². The van der Waals surface area contributed by atoms with Crippen LogP contribution in [0.5, 0.6) is 0 Å². The van der Waals surface area contributed by atoms with Crippen LogP contribution in [0.4, 0.5) is 0 Å². The summed E-state index contributed by atoms with van der Waals surface area (Å²) in [5.74, 6) is 0.871. The van der Waals surface area contributed by atoms with Gasteiger partial charge in [-0.15, -0.1) is 0 Å². The second-order valence-corrected chi connectivity index (χ2v) is 7.92. The van der Waals surface area contributed by atoms with Crippen LogP contribution in [0, 0.1) is 5.92 Å². The molecule has 1 aromatic rings. The fourth-order valence-electron chi connectivity index (χ4n) is 5.44. The monoisotopic (exact) mass is 328 g/mol. The molecule has 4 heterocycles. The fourth-order valence-corrected chi connectivity index (χ4v) is 5.44. The van der Waals surface area contributed by atoms with Crippen molar-refractivity contribution in [3.8, 4) is 0 Å². The van der Waals surface area contributed by atoms with E-state index in [0.717, 1.165) is 36.3 Å². The summed E-state index contributed by atoms with van der Waals surface area (Å²) in [7, 11) is 0. The van der Waals surface area contributed by atoms with Gasteiger partial charge in [0.2, 0.25) is 0 Å². The van der Waals surface area contributed by atoms with Crippen LogP contribution in [0.3, 0.4) is 0 Å². The molecule has 4 atom stereocenters. The average Bonchev–Trinajstić information content (AvgIpc) is 2.63.